The van der Waals surface area contributed by atoms with Crippen molar-refractivity contribution in [2.75, 3.05) is 26.2 Å². The summed E-state index contributed by atoms with van der Waals surface area (Å²) in [6.45, 7) is 6.99. The molecule has 2 fully saturated rings. The van der Waals surface area contributed by atoms with Crippen LogP contribution in [0.25, 0.3) is 0 Å². The van der Waals surface area contributed by atoms with Crippen LogP contribution in [-0.2, 0) is 4.79 Å². The van der Waals surface area contributed by atoms with Crippen LogP contribution >= 0.6 is 0 Å². The Balaban J connectivity index is 1.65. The number of hydrogen-bond donors (Lipinski definition) is 1. The van der Waals surface area contributed by atoms with Crippen LogP contribution < -0.4 is 0 Å². The predicted octanol–water partition coefficient (Wildman–Crippen LogP) is 2.18. The zero-order valence-electron chi connectivity index (χ0n) is 15.1. The Hall–Kier alpha value is -1.95. The Bertz CT molecular complexity index is 653. The topological polar surface area (TPSA) is 73.7 Å². The largest absolute Gasteiger partial charge is 0.480 e. The molecule has 0 radical (unpaired) electrons. The molecule has 3 rings (SSSR count). The third-order valence-corrected chi connectivity index (χ3v) is 5.62. The first kappa shape index (κ1) is 17.9. The van der Waals surface area contributed by atoms with E-state index < -0.39 is 5.97 Å². The number of aliphatic carboxylic acids is 1. The number of amides is 1. The number of aryl methyl sites for hydroxylation is 1. The fourth-order valence-electron chi connectivity index (χ4n) is 4.28. The first-order valence-corrected chi connectivity index (χ1v) is 9.14. The Morgan fingerprint density at radius 1 is 1.32 bits per heavy atom. The van der Waals surface area contributed by atoms with E-state index in [1.807, 2.05) is 24.0 Å². The number of carbonyl (C=O) groups excluding carboxylic acids is 1. The predicted molar refractivity (Wildman–Crippen MR) is 94.4 cm³/mol. The van der Waals surface area contributed by atoms with Gasteiger partial charge >= 0.3 is 5.97 Å². The molecule has 6 nitrogen and oxygen atoms in total. The maximum Gasteiger partial charge on any atom is 0.320 e. The third kappa shape index (κ3) is 3.68. The molecular weight excluding hydrogens is 318 g/mol. The van der Waals surface area contributed by atoms with Gasteiger partial charge in [-0.15, -0.1) is 0 Å². The fourth-order valence-corrected chi connectivity index (χ4v) is 4.28. The Kier molecular flexibility index (Phi) is 5.08. The molecular formula is C19H27N3O3. The van der Waals surface area contributed by atoms with Crippen molar-refractivity contribution in [3.05, 3.63) is 29.6 Å². The summed E-state index contributed by atoms with van der Waals surface area (Å²) in [5.74, 6) is -0.732. The van der Waals surface area contributed by atoms with E-state index in [0.717, 1.165) is 38.0 Å². The van der Waals surface area contributed by atoms with E-state index in [1.54, 1.807) is 6.07 Å². The molecule has 0 saturated carbocycles. The molecule has 136 valence electrons. The van der Waals surface area contributed by atoms with Gasteiger partial charge < -0.3 is 10.0 Å². The standard InChI is InChI=1S/C19H27N3O3/c1-3-9-22-13-19(12-16(22)18(24)25)7-10-21(11-8-19)17(23)15-6-4-5-14(2)20-15/h4-6,16H,3,7-13H2,1-2H3,(H,24,25). The second kappa shape index (κ2) is 7.12. The average Bonchev–Trinajstić information content (AvgIpc) is 2.94. The summed E-state index contributed by atoms with van der Waals surface area (Å²) >= 11 is 0. The van der Waals surface area contributed by atoms with Crippen molar-refractivity contribution in [2.24, 2.45) is 5.41 Å². The number of hydrogen-bond acceptors (Lipinski definition) is 4. The van der Waals surface area contributed by atoms with Gasteiger partial charge in [-0.3, -0.25) is 14.5 Å². The van der Waals surface area contributed by atoms with E-state index in [0.29, 0.717) is 25.2 Å². The Morgan fingerprint density at radius 3 is 2.64 bits per heavy atom. The lowest BCUT2D eigenvalue weighted by atomic mass is 9.76. The van der Waals surface area contributed by atoms with Crippen molar-refractivity contribution in [1.82, 2.24) is 14.8 Å². The van der Waals surface area contributed by atoms with Crippen molar-refractivity contribution in [3.63, 3.8) is 0 Å². The molecule has 1 atom stereocenters. The van der Waals surface area contributed by atoms with Gasteiger partial charge in [0.1, 0.15) is 11.7 Å². The summed E-state index contributed by atoms with van der Waals surface area (Å²) in [5.41, 5.74) is 1.38. The van der Waals surface area contributed by atoms with E-state index >= 15 is 0 Å². The van der Waals surface area contributed by atoms with Crippen molar-refractivity contribution in [2.45, 2.75) is 45.6 Å². The minimum absolute atomic E-state index is 0.0169. The summed E-state index contributed by atoms with van der Waals surface area (Å²) in [5, 5.41) is 9.52. The van der Waals surface area contributed by atoms with Crippen molar-refractivity contribution in [1.29, 1.82) is 0 Å². The maximum atomic E-state index is 12.7. The number of carboxylic acid groups (broad SMARTS) is 1. The van der Waals surface area contributed by atoms with E-state index in [2.05, 4.69) is 16.8 Å². The number of pyridine rings is 1. The Morgan fingerprint density at radius 2 is 2.04 bits per heavy atom. The molecule has 2 aliphatic rings. The lowest BCUT2D eigenvalue weighted by molar-refractivity contribution is -0.142. The molecule has 0 aromatic carbocycles. The number of likely N-dealkylation sites (tertiary alicyclic amines) is 2. The number of rotatable bonds is 4. The summed E-state index contributed by atoms with van der Waals surface area (Å²) in [7, 11) is 0. The number of carboxylic acids is 1. The average molecular weight is 345 g/mol. The van der Waals surface area contributed by atoms with Crippen LogP contribution in [-0.4, -0.2) is 64.0 Å². The first-order chi connectivity index (χ1) is 11.9. The van der Waals surface area contributed by atoms with E-state index in [1.165, 1.54) is 0 Å². The van der Waals surface area contributed by atoms with Gasteiger partial charge in [0.2, 0.25) is 0 Å². The van der Waals surface area contributed by atoms with E-state index in [9.17, 15) is 14.7 Å². The number of carbonyl (C=O) groups is 2. The highest BCUT2D eigenvalue weighted by molar-refractivity contribution is 5.92. The highest BCUT2D eigenvalue weighted by Gasteiger charge is 2.48. The van der Waals surface area contributed by atoms with Gasteiger partial charge in [-0.25, -0.2) is 4.98 Å². The van der Waals surface area contributed by atoms with Gasteiger partial charge in [0.15, 0.2) is 0 Å². The molecule has 0 bridgehead atoms. The van der Waals surface area contributed by atoms with Crippen LogP contribution in [0.5, 0.6) is 0 Å². The third-order valence-electron chi connectivity index (χ3n) is 5.62. The molecule has 1 amide bonds. The zero-order chi connectivity index (χ0) is 18.0. The van der Waals surface area contributed by atoms with Gasteiger partial charge in [-0.05, 0) is 56.7 Å². The summed E-state index contributed by atoms with van der Waals surface area (Å²) in [6, 6.07) is 5.13. The monoisotopic (exact) mass is 345 g/mol. The Labute approximate surface area is 148 Å². The number of aromatic nitrogens is 1. The molecule has 6 heteroatoms. The van der Waals surface area contributed by atoms with Gasteiger partial charge in [-0.2, -0.15) is 0 Å². The van der Waals surface area contributed by atoms with Crippen LogP contribution in [0.3, 0.4) is 0 Å². The van der Waals surface area contributed by atoms with Crippen molar-refractivity contribution >= 4 is 11.9 Å². The lowest BCUT2D eigenvalue weighted by Crippen LogP contribution is -2.44. The van der Waals surface area contributed by atoms with Crippen LogP contribution in [0.2, 0.25) is 0 Å². The minimum atomic E-state index is -0.715. The van der Waals surface area contributed by atoms with Crippen LogP contribution in [0.4, 0.5) is 0 Å². The highest BCUT2D eigenvalue weighted by Crippen LogP contribution is 2.43. The van der Waals surface area contributed by atoms with Gasteiger partial charge in [-0.1, -0.05) is 13.0 Å². The smallest absolute Gasteiger partial charge is 0.320 e. The molecule has 1 aromatic heterocycles. The summed E-state index contributed by atoms with van der Waals surface area (Å²) in [6.07, 6.45) is 3.40. The van der Waals surface area contributed by atoms with Crippen molar-refractivity contribution in [3.8, 4) is 0 Å². The highest BCUT2D eigenvalue weighted by atomic mass is 16.4. The maximum absolute atomic E-state index is 12.7. The molecule has 1 unspecified atom stereocenters. The molecule has 25 heavy (non-hydrogen) atoms. The normalized spacial score (nSPS) is 23.1. The van der Waals surface area contributed by atoms with Crippen LogP contribution in [0, 0.1) is 12.3 Å². The number of piperidine rings is 1. The van der Waals surface area contributed by atoms with Crippen LogP contribution in [0.15, 0.2) is 18.2 Å². The fraction of sp³-hybridized carbons (Fsp3) is 0.632. The van der Waals surface area contributed by atoms with E-state index in [4.69, 9.17) is 0 Å². The second-order valence-electron chi connectivity index (χ2n) is 7.49. The van der Waals surface area contributed by atoms with Gasteiger partial charge in [0, 0.05) is 25.3 Å². The summed E-state index contributed by atoms with van der Waals surface area (Å²) < 4.78 is 0. The second-order valence-corrected chi connectivity index (χ2v) is 7.49. The molecule has 2 aliphatic heterocycles. The SMILES string of the molecule is CCCN1CC2(CCN(C(=O)c3cccc(C)n3)CC2)CC1C(=O)O. The van der Waals surface area contributed by atoms with Gasteiger partial charge in [0.05, 0.1) is 0 Å². The molecule has 2 saturated heterocycles. The number of nitrogens with zero attached hydrogens (tertiary/aromatic N) is 3. The van der Waals surface area contributed by atoms with Crippen LogP contribution in [0.1, 0.15) is 48.8 Å². The molecule has 1 aromatic rings. The molecule has 0 aliphatic carbocycles. The molecule has 1 N–H and O–H groups in total. The quantitative estimate of drug-likeness (QED) is 0.905. The van der Waals surface area contributed by atoms with Gasteiger partial charge in [0.25, 0.3) is 5.91 Å². The molecule has 3 heterocycles. The molecule has 1 spiro atoms. The van der Waals surface area contributed by atoms with Crippen molar-refractivity contribution < 1.29 is 14.7 Å². The first-order valence-electron chi connectivity index (χ1n) is 9.14. The lowest BCUT2D eigenvalue weighted by Gasteiger charge is -2.39. The zero-order valence-corrected chi connectivity index (χ0v) is 15.1. The minimum Gasteiger partial charge on any atom is -0.480 e. The summed E-state index contributed by atoms with van der Waals surface area (Å²) in [4.78, 5) is 32.6. The van der Waals surface area contributed by atoms with E-state index in [-0.39, 0.29) is 17.4 Å².